The first-order chi connectivity index (χ1) is 12.7. The van der Waals surface area contributed by atoms with E-state index in [1.165, 1.54) is 24.6 Å². The highest BCUT2D eigenvalue weighted by Gasteiger charge is 2.20. The Hall–Kier alpha value is -1.35. The summed E-state index contributed by atoms with van der Waals surface area (Å²) in [6.07, 6.45) is 5.07. The molecule has 7 nitrogen and oxygen atoms in total. The maximum Gasteiger partial charge on any atom is 0.409 e. The van der Waals surface area contributed by atoms with Gasteiger partial charge in [-0.2, -0.15) is 11.8 Å². The number of nitrogens with zero attached hydrogens (tertiary/aromatic N) is 2. The van der Waals surface area contributed by atoms with Crippen molar-refractivity contribution >= 4 is 17.9 Å². The molecule has 2 aliphatic heterocycles. The molecule has 8 heteroatoms. The summed E-state index contributed by atoms with van der Waals surface area (Å²) in [7, 11) is 0. The summed E-state index contributed by atoms with van der Waals surface area (Å²) in [6, 6.07) is 4.09. The van der Waals surface area contributed by atoms with Crippen molar-refractivity contribution in [2.45, 2.75) is 32.4 Å². The molecule has 0 unspecified atom stereocenters. The number of carbonyl (C=O) groups excluding carboxylic acids is 1. The van der Waals surface area contributed by atoms with Gasteiger partial charge in [-0.3, -0.25) is 4.98 Å². The van der Waals surface area contributed by atoms with E-state index in [0.717, 1.165) is 31.5 Å². The van der Waals surface area contributed by atoms with E-state index < -0.39 is 0 Å². The Balaban J connectivity index is 0.000000208. The normalized spacial score (nSPS) is 17.3. The largest absolute Gasteiger partial charge is 0.450 e. The maximum atomic E-state index is 11.2. The number of rotatable bonds is 2. The summed E-state index contributed by atoms with van der Waals surface area (Å²) in [5, 5.41) is 3.26. The number of amides is 1. The van der Waals surface area contributed by atoms with Gasteiger partial charge in [0.1, 0.15) is 0 Å². The Morgan fingerprint density at radius 2 is 2.08 bits per heavy atom. The highest BCUT2D eigenvalue weighted by molar-refractivity contribution is 7.99. The van der Waals surface area contributed by atoms with Gasteiger partial charge in [-0.05, 0) is 31.4 Å². The van der Waals surface area contributed by atoms with Gasteiger partial charge in [-0.1, -0.05) is 6.07 Å². The first-order valence-electron chi connectivity index (χ1n) is 9.22. The van der Waals surface area contributed by atoms with Crippen LogP contribution in [0.2, 0.25) is 0 Å². The Morgan fingerprint density at radius 3 is 2.46 bits per heavy atom. The smallest absolute Gasteiger partial charge is 0.409 e. The van der Waals surface area contributed by atoms with Crippen molar-refractivity contribution in [2.75, 3.05) is 44.3 Å². The average molecular weight is 384 g/mol. The van der Waals surface area contributed by atoms with Crippen LogP contribution < -0.4 is 16.8 Å². The van der Waals surface area contributed by atoms with Crippen molar-refractivity contribution in [2.24, 2.45) is 11.5 Å². The molecule has 148 valence electrons. The van der Waals surface area contributed by atoms with Crippen molar-refractivity contribution in [1.82, 2.24) is 15.2 Å². The second-order valence-electron chi connectivity index (χ2n) is 5.95. The molecule has 2 aliphatic rings. The van der Waals surface area contributed by atoms with Gasteiger partial charge >= 0.3 is 6.09 Å². The van der Waals surface area contributed by atoms with Crippen LogP contribution in [-0.4, -0.2) is 66.3 Å². The number of ether oxygens (including phenoxy) is 1. The molecule has 0 aliphatic carbocycles. The lowest BCUT2D eigenvalue weighted by atomic mass is 10.1. The average Bonchev–Trinajstić information content (AvgIpc) is 2.71. The van der Waals surface area contributed by atoms with E-state index in [-0.39, 0.29) is 12.1 Å². The molecular formula is C18H33N5O2S. The fourth-order valence-corrected chi connectivity index (χ4v) is 3.11. The summed E-state index contributed by atoms with van der Waals surface area (Å²) in [5.74, 6) is 2.61. The number of pyridine rings is 1. The minimum absolute atomic E-state index is 0.204. The molecule has 0 radical (unpaired) electrons. The minimum Gasteiger partial charge on any atom is -0.450 e. The molecule has 1 amide bonds. The van der Waals surface area contributed by atoms with Crippen LogP contribution in [0, 0.1) is 0 Å². The first-order valence-corrected chi connectivity index (χ1v) is 10.4. The molecule has 0 bridgehead atoms. The number of hydrogen-bond donors (Lipinski definition) is 3. The van der Waals surface area contributed by atoms with Crippen LogP contribution in [-0.2, 0) is 11.3 Å². The molecule has 0 aromatic carbocycles. The number of likely N-dealkylation sites (tertiary alicyclic amines) is 1. The minimum atomic E-state index is -0.204. The molecule has 0 atom stereocenters. The lowest BCUT2D eigenvalue weighted by Crippen LogP contribution is -2.43. The van der Waals surface area contributed by atoms with Crippen LogP contribution in [0.25, 0.3) is 0 Å². The van der Waals surface area contributed by atoms with Gasteiger partial charge in [-0.15, -0.1) is 0 Å². The number of nitrogens with two attached hydrogens (primary N) is 2. The van der Waals surface area contributed by atoms with E-state index in [1.807, 2.05) is 30.8 Å². The zero-order valence-electron chi connectivity index (χ0n) is 15.7. The summed E-state index contributed by atoms with van der Waals surface area (Å²) in [4.78, 5) is 16.8. The van der Waals surface area contributed by atoms with Gasteiger partial charge in [-0.25, -0.2) is 4.79 Å². The Kier molecular flexibility index (Phi) is 12.9. The van der Waals surface area contributed by atoms with E-state index in [4.69, 9.17) is 16.2 Å². The molecule has 0 spiro atoms. The third-order valence-electron chi connectivity index (χ3n) is 3.87. The monoisotopic (exact) mass is 383 g/mol. The van der Waals surface area contributed by atoms with Gasteiger partial charge < -0.3 is 26.4 Å². The Bertz CT molecular complexity index is 454. The summed E-state index contributed by atoms with van der Waals surface area (Å²) < 4.78 is 4.86. The highest BCUT2D eigenvalue weighted by atomic mass is 32.2. The van der Waals surface area contributed by atoms with Gasteiger partial charge in [0.25, 0.3) is 0 Å². The number of thioether (sulfide) groups is 1. The molecule has 2 fully saturated rings. The zero-order chi connectivity index (χ0) is 19.0. The van der Waals surface area contributed by atoms with E-state index in [2.05, 4.69) is 10.3 Å². The number of nitrogens with one attached hydrogen (secondary N) is 1. The Morgan fingerprint density at radius 1 is 1.38 bits per heavy atom. The summed E-state index contributed by atoms with van der Waals surface area (Å²) in [6.45, 7) is 6.73. The topological polar surface area (TPSA) is 106 Å². The van der Waals surface area contributed by atoms with Gasteiger partial charge in [0.05, 0.1) is 6.61 Å². The zero-order valence-corrected chi connectivity index (χ0v) is 16.5. The summed E-state index contributed by atoms with van der Waals surface area (Å²) >= 11 is 2.03. The quantitative estimate of drug-likeness (QED) is 0.709. The molecule has 0 saturated carbocycles. The standard InChI is InChI=1S/C8H16N2O2.C6H8N2.C4H9NS/c1-2-12-8(11)10-5-3-7(9)4-6-10;7-4-6-2-1-3-8-5-6;1-3-6-4-2-5-1/h7H,2-6,9H2,1H3;1-3,5H,4,7H2;5H,1-4H2. The second-order valence-corrected chi connectivity index (χ2v) is 7.18. The fourth-order valence-electron chi connectivity index (χ4n) is 2.33. The van der Waals surface area contributed by atoms with Gasteiger partial charge in [0.15, 0.2) is 0 Å². The summed E-state index contributed by atoms with van der Waals surface area (Å²) in [5.41, 5.74) is 12.1. The van der Waals surface area contributed by atoms with Crippen LogP contribution in [0.5, 0.6) is 0 Å². The Labute approximate surface area is 161 Å². The van der Waals surface area contributed by atoms with Crippen LogP contribution in [0.3, 0.4) is 0 Å². The molecular weight excluding hydrogens is 350 g/mol. The molecule has 2 saturated heterocycles. The van der Waals surface area contributed by atoms with Crippen LogP contribution in [0.1, 0.15) is 25.3 Å². The van der Waals surface area contributed by atoms with E-state index in [9.17, 15) is 4.79 Å². The van der Waals surface area contributed by atoms with Crippen molar-refractivity contribution < 1.29 is 9.53 Å². The van der Waals surface area contributed by atoms with E-state index in [0.29, 0.717) is 13.2 Å². The predicted octanol–water partition coefficient (Wildman–Crippen LogP) is 1.43. The molecule has 1 aromatic rings. The third kappa shape index (κ3) is 10.6. The van der Waals surface area contributed by atoms with E-state index >= 15 is 0 Å². The van der Waals surface area contributed by atoms with Crippen LogP contribution >= 0.6 is 11.8 Å². The van der Waals surface area contributed by atoms with Crippen molar-refractivity contribution in [3.63, 3.8) is 0 Å². The predicted molar refractivity (Wildman–Crippen MR) is 108 cm³/mol. The van der Waals surface area contributed by atoms with Gasteiger partial charge in [0.2, 0.25) is 0 Å². The molecule has 26 heavy (non-hydrogen) atoms. The van der Waals surface area contributed by atoms with Gasteiger partial charge in [0, 0.05) is 62.7 Å². The fraction of sp³-hybridized carbons (Fsp3) is 0.667. The number of carbonyl (C=O) groups is 1. The number of aromatic nitrogens is 1. The van der Waals surface area contributed by atoms with Crippen LogP contribution in [0.15, 0.2) is 24.5 Å². The SMILES string of the molecule is C1CSCCN1.CCOC(=O)N1CCC(N)CC1.NCc1cccnc1. The van der Waals surface area contributed by atoms with E-state index in [1.54, 1.807) is 17.3 Å². The van der Waals surface area contributed by atoms with Crippen molar-refractivity contribution in [3.05, 3.63) is 30.1 Å². The first kappa shape index (κ1) is 22.7. The third-order valence-corrected chi connectivity index (χ3v) is 4.86. The second kappa shape index (κ2) is 14.8. The lowest BCUT2D eigenvalue weighted by molar-refractivity contribution is 0.0974. The molecule has 3 heterocycles. The highest BCUT2D eigenvalue weighted by Crippen LogP contribution is 2.09. The number of piperidine rings is 1. The van der Waals surface area contributed by atoms with Crippen molar-refractivity contribution in [1.29, 1.82) is 0 Å². The number of hydrogen-bond acceptors (Lipinski definition) is 7. The molecule has 5 N–H and O–H groups in total. The van der Waals surface area contributed by atoms with Crippen molar-refractivity contribution in [3.8, 4) is 0 Å². The lowest BCUT2D eigenvalue weighted by Gasteiger charge is -2.29. The molecule has 3 rings (SSSR count). The molecule has 1 aromatic heterocycles. The maximum absolute atomic E-state index is 11.2. The van der Waals surface area contributed by atoms with Crippen LogP contribution in [0.4, 0.5) is 4.79 Å².